The highest BCUT2D eigenvalue weighted by Gasteiger charge is 2.50. The number of fused-ring (bicyclic) bond motifs is 2. The number of likely N-dealkylation sites (tertiary alicyclic amines) is 1. The van der Waals surface area contributed by atoms with Crippen molar-refractivity contribution in [2.45, 2.75) is 45.8 Å². The molecule has 1 aromatic heterocycles. The summed E-state index contributed by atoms with van der Waals surface area (Å²) < 4.78 is 5.40. The van der Waals surface area contributed by atoms with E-state index in [-0.39, 0.29) is 17.6 Å². The van der Waals surface area contributed by atoms with Crippen molar-refractivity contribution in [3.8, 4) is 0 Å². The molecule has 30 heavy (non-hydrogen) atoms. The van der Waals surface area contributed by atoms with Crippen molar-refractivity contribution in [3.63, 3.8) is 0 Å². The van der Waals surface area contributed by atoms with Gasteiger partial charge in [-0.15, -0.1) is 0 Å². The Kier molecular flexibility index (Phi) is 5.05. The minimum absolute atomic E-state index is 0.331. The van der Waals surface area contributed by atoms with E-state index in [9.17, 15) is 19.2 Å². The van der Waals surface area contributed by atoms with Gasteiger partial charge in [0.15, 0.2) is 6.10 Å². The predicted molar refractivity (Wildman–Crippen MR) is 110 cm³/mol. The molecular formula is C23H24N2O5. The van der Waals surface area contributed by atoms with E-state index < -0.39 is 30.0 Å². The van der Waals surface area contributed by atoms with Crippen molar-refractivity contribution in [1.29, 1.82) is 0 Å². The molecule has 156 valence electrons. The molecule has 1 aromatic carbocycles. The molecule has 1 aliphatic heterocycles. The van der Waals surface area contributed by atoms with Crippen molar-refractivity contribution in [2.24, 2.45) is 11.8 Å². The minimum Gasteiger partial charge on any atom is -0.453 e. The average Bonchev–Trinajstić information content (AvgIpc) is 3.20. The lowest BCUT2D eigenvalue weighted by Crippen LogP contribution is -2.45. The maximum atomic E-state index is 13.0. The van der Waals surface area contributed by atoms with Gasteiger partial charge in [0.25, 0.3) is 0 Å². The molecule has 7 heteroatoms. The van der Waals surface area contributed by atoms with E-state index in [4.69, 9.17) is 4.74 Å². The van der Waals surface area contributed by atoms with Gasteiger partial charge < -0.3 is 9.72 Å². The van der Waals surface area contributed by atoms with Crippen LogP contribution in [0.1, 0.15) is 42.7 Å². The Morgan fingerprint density at radius 3 is 2.30 bits per heavy atom. The highest BCUT2D eigenvalue weighted by atomic mass is 16.5. The first-order valence-electron chi connectivity index (χ1n) is 10.1. The van der Waals surface area contributed by atoms with Gasteiger partial charge >= 0.3 is 5.97 Å². The monoisotopic (exact) mass is 408 g/mol. The molecule has 0 saturated carbocycles. The van der Waals surface area contributed by atoms with Crippen LogP contribution in [-0.2, 0) is 19.1 Å². The third-order valence-corrected chi connectivity index (χ3v) is 6.07. The van der Waals surface area contributed by atoms with Crippen molar-refractivity contribution in [3.05, 3.63) is 47.7 Å². The van der Waals surface area contributed by atoms with Gasteiger partial charge in [-0.25, -0.2) is 4.79 Å². The van der Waals surface area contributed by atoms with E-state index in [0.29, 0.717) is 24.1 Å². The Morgan fingerprint density at radius 2 is 1.67 bits per heavy atom. The number of aromatic amines is 1. The minimum atomic E-state index is -1.07. The largest absolute Gasteiger partial charge is 0.453 e. The molecule has 4 rings (SSSR count). The standard InChI is InChI=1S/C23H24N2O5/c1-12-19(17-10-6-7-11-18(17)24-12)20(26)14(3)30-23(29)13(2)25-21(27)15-8-4-5-9-16(15)22(25)28/h4-7,10-11,13-16,24H,8-9H2,1-3H3/t13-,14+,15-,16+/m0/s1. The van der Waals surface area contributed by atoms with Crippen molar-refractivity contribution in [2.75, 3.05) is 0 Å². The number of nitrogens with zero attached hydrogens (tertiary/aromatic N) is 1. The Bertz CT molecular complexity index is 1060. The number of esters is 1. The molecule has 1 N–H and O–H groups in total. The van der Waals surface area contributed by atoms with E-state index in [2.05, 4.69) is 4.98 Å². The average molecular weight is 408 g/mol. The zero-order chi connectivity index (χ0) is 21.6. The predicted octanol–water partition coefficient (Wildman–Crippen LogP) is 2.93. The van der Waals surface area contributed by atoms with Gasteiger partial charge in [0.05, 0.1) is 11.8 Å². The van der Waals surface area contributed by atoms with Gasteiger partial charge in [0, 0.05) is 22.2 Å². The van der Waals surface area contributed by atoms with E-state index in [1.165, 1.54) is 13.8 Å². The number of carbonyl (C=O) groups excluding carboxylic acids is 4. The van der Waals surface area contributed by atoms with Gasteiger partial charge in [-0.05, 0) is 39.7 Å². The lowest BCUT2D eigenvalue weighted by atomic mass is 9.85. The normalized spacial score (nSPS) is 22.8. The molecule has 2 amide bonds. The summed E-state index contributed by atoms with van der Waals surface area (Å²) in [7, 11) is 0. The number of nitrogens with one attached hydrogen (secondary N) is 1. The number of aryl methyl sites for hydroxylation is 1. The van der Waals surface area contributed by atoms with Crippen molar-refractivity contribution >= 4 is 34.5 Å². The number of hydrogen-bond donors (Lipinski definition) is 1. The summed E-state index contributed by atoms with van der Waals surface area (Å²) in [6.45, 7) is 4.77. The third-order valence-electron chi connectivity index (χ3n) is 6.07. The molecule has 2 aromatic rings. The first-order valence-corrected chi connectivity index (χ1v) is 10.1. The van der Waals surface area contributed by atoms with Gasteiger partial charge in [0.2, 0.25) is 17.6 Å². The first-order chi connectivity index (χ1) is 14.3. The van der Waals surface area contributed by atoms with Crippen LogP contribution in [0.15, 0.2) is 36.4 Å². The van der Waals surface area contributed by atoms with Crippen LogP contribution in [0.4, 0.5) is 0 Å². The number of benzene rings is 1. The SMILES string of the molecule is Cc1[nH]c2ccccc2c1C(=O)[C@@H](C)OC(=O)[C@H](C)N1C(=O)[C@H]2CC=CC[C@H]2C1=O. The molecule has 0 unspecified atom stereocenters. The Balaban J connectivity index is 1.49. The molecule has 1 fully saturated rings. The number of amides is 2. The second-order valence-electron chi connectivity index (χ2n) is 7.99. The van der Waals surface area contributed by atoms with Crippen LogP contribution in [0.2, 0.25) is 0 Å². The molecule has 1 aliphatic carbocycles. The topological polar surface area (TPSA) is 96.5 Å². The third kappa shape index (κ3) is 3.14. The smallest absolute Gasteiger partial charge is 0.329 e. The van der Waals surface area contributed by atoms with Gasteiger partial charge in [0.1, 0.15) is 6.04 Å². The summed E-state index contributed by atoms with van der Waals surface area (Å²) in [5.74, 6) is -2.60. The number of imide groups is 1. The summed E-state index contributed by atoms with van der Waals surface area (Å²) >= 11 is 0. The maximum absolute atomic E-state index is 13.0. The highest BCUT2D eigenvalue weighted by molar-refractivity contribution is 6.12. The van der Waals surface area contributed by atoms with Crippen molar-refractivity contribution < 1.29 is 23.9 Å². The van der Waals surface area contributed by atoms with Crippen LogP contribution in [0.5, 0.6) is 0 Å². The number of ether oxygens (including phenoxy) is 1. The second-order valence-corrected chi connectivity index (χ2v) is 7.99. The molecule has 7 nitrogen and oxygen atoms in total. The Hall–Kier alpha value is -3.22. The van der Waals surface area contributed by atoms with Gasteiger partial charge in [-0.2, -0.15) is 0 Å². The number of carbonyl (C=O) groups is 4. The van der Waals surface area contributed by atoms with Crippen LogP contribution in [0.25, 0.3) is 10.9 Å². The number of para-hydroxylation sites is 1. The van der Waals surface area contributed by atoms with E-state index in [1.54, 1.807) is 6.92 Å². The summed E-state index contributed by atoms with van der Waals surface area (Å²) in [4.78, 5) is 55.3. The number of H-pyrrole nitrogens is 1. The fraction of sp³-hybridized carbons (Fsp3) is 0.391. The van der Waals surface area contributed by atoms with Crippen LogP contribution < -0.4 is 0 Å². The number of allylic oxidation sites excluding steroid dienone is 2. The molecule has 4 atom stereocenters. The van der Waals surface area contributed by atoms with E-state index in [1.807, 2.05) is 36.4 Å². The Labute approximate surface area is 174 Å². The second kappa shape index (κ2) is 7.55. The van der Waals surface area contributed by atoms with Crippen LogP contribution in [0.3, 0.4) is 0 Å². The van der Waals surface area contributed by atoms with Gasteiger partial charge in [-0.1, -0.05) is 30.4 Å². The van der Waals surface area contributed by atoms with E-state index in [0.717, 1.165) is 15.8 Å². The molecule has 2 heterocycles. The molecular weight excluding hydrogens is 384 g/mol. The molecule has 1 saturated heterocycles. The number of Topliss-reactive ketones (excluding diaryl/α,β-unsaturated/α-hetero) is 1. The lowest BCUT2D eigenvalue weighted by Gasteiger charge is -2.23. The van der Waals surface area contributed by atoms with Crippen molar-refractivity contribution in [1.82, 2.24) is 9.88 Å². The lowest BCUT2D eigenvalue weighted by molar-refractivity contribution is -0.159. The van der Waals surface area contributed by atoms with Crippen LogP contribution >= 0.6 is 0 Å². The fourth-order valence-corrected chi connectivity index (χ4v) is 4.44. The van der Waals surface area contributed by atoms with Gasteiger partial charge in [-0.3, -0.25) is 19.3 Å². The maximum Gasteiger partial charge on any atom is 0.329 e. The van der Waals surface area contributed by atoms with Crippen LogP contribution in [0, 0.1) is 18.8 Å². The van der Waals surface area contributed by atoms with E-state index >= 15 is 0 Å². The number of rotatable bonds is 5. The summed E-state index contributed by atoms with van der Waals surface area (Å²) in [5.41, 5.74) is 2.00. The van der Waals surface area contributed by atoms with Crippen LogP contribution in [-0.4, -0.2) is 45.6 Å². The first kappa shape index (κ1) is 20.1. The number of hydrogen-bond acceptors (Lipinski definition) is 5. The zero-order valence-electron chi connectivity index (χ0n) is 17.2. The zero-order valence-corrected chi connectivity index (χ0v) is 17.2. The molecule has 2 aliphatic rings. The number of ketones is 1. The molecule has 0 bridgehead atoms. The molecule has 0 spiro atoms. The quantitative estimate of drug-likeness (QED) is 0.355. The highest BCUT2D eigenvalue weighted by Crippen LogP contribution is 2.36. The summed E-state index contributed by atoms with van der Waals surface area (Å²) in [5, 5.41) is 0.762. The Morgan fingerprint density at radius 1 is 1.07 bits per heavy atom. The number of aromatic nitrogens is 1. The summed E-state index contributed by atoms with van der Waals surface area (Å²) in [6, 6.07) is 6.34. The fourth-order valence-electron chi connectivity index (χ4n) is 4.44. The summed E-state index contributed by atoms with van der Waals surface area (Å²) in [6.07, 6.45) is 3.74. The molecule has 0 radical (unpaired) electrons.